The van der Waals surface area contributed by atoms with Crippen molar-refractivity contribution in [3.8, 4) is 0 Å². The maximum Gasteiger partial charge on any atom is 0.170 e. The first-order valence-corrected chi connectivity index (χ1v) is 9.74. The zero-order chi connectivity index (χ0) is 19.6. The van der Waals surface area contributed by atoms with Crippen LogP contribution in [0.2, 0.25) is 0 Å². The highest BCUT2D eigenvalue weighted by molar-refractivity contribution is 6.01. The van der Waals surface area contributed by atoms with Gasteiger partial charge in [0.1, 0.15) is 0 Å². The van der Waals surface area contributed by atoms with E-state index in [1.807, 2.05) is 91.0 Å². The Morgan fingerprint density at radius 2 is 1.21 bits per heavy atom. The molecule has 0 radical (unpaired) electrons. The fourth-order valence-corrected chi connectivity index (χ4v) is 3.42. The summed E-state index contributed by atoms with van der Waals surface area (Å²) in [6, 6.07) is 29.5. The Bertz CT molecular complexity index is 870. The van der Waals surface area contributed by atoms with Gasteiger partial charge in [-0.15, -0.1) is 0 Å². The number of rotatable bonds is 9. The van der Waals surface area contributed by atoms with E-state index in [2.05, 4.69) is 12.2 Å². The van der Waals surface area contributed by atoms with Gasteiger partial charge < -0.3 is 5.11 Å². The van der Waals surface area contributed by atoms with E-state index in [1.54, 1.807) is 0 Å². The van der Waals surface area contributed by atoms with E-state index >= 15 is 0 Å². The van der Waals surface area contributed by atoms with Crippen LogP contribution in [-0.2, 0) is 0 Å². The highest BCUT2D eigenvalue weighted by Gasteiger charge is 2.20. The van der Waals surface area contributed by atoms with Crippen molar-refractivity contribution in [1.29, 1.82) is 0 Å². The molecule has 3 aromatic carbocycles. The first-order chi connectivity index (χ1) is 13.8. The fourth-order valence-electron chi connectivity index (χ4n) is 3.42. The SMILES string of the molecule is O=C(c1ccccc1)C(CC=CCC(CO)c1ccccc1)c1ccccc1. The average Bonchev–Trinajstić information content (AvgIpc) is 2.78. The standard InChI is InChI=1S/C26H26O2/c27-20-24(21-12-4-1-5-13-21)18-10-11-19-25(22-14-6-2-7-15-22)26(28)23-16-8-3-9-17-23/h1-17,24-25,27H,18-20H2. The van der Waals surface area contributed by atoms with E-state index in [0.717, 1.165) is 23.1 Å². The molecule has 0 amide bonds. The third-order valence-corrected chi connectivity index (χ3v) is 5.03. The van der Waals surface area contributed by atoms with Gasteiger partial charge in [-0.25, -0.2) is 0 Å². The van der Waals surface area contributed by atoms with Gasteiger partial charge in [0.25, 0.3) is 0 Å². The van der Waals surface area contributed by atoms with Crippen molar-refractivity contribution in [2.75, 3.05) is 6.61 Å². The van der Waals surface area contributed by atoms with Crippen LogP contribution in [0.25, 0.3) is 0 Å². The topological polar surface area (TPSA) is 37.3 Å². The Hall–Kier alpha value is -2.97. The minimum Gasteiger partial charge on any atom is -0.396 e. The summed E-state index contributed by atoms with van der Waals surface area (Å²) in [6.45, 7) is 0.111. The predicted octanol–water partition coefficient (Wildman–Crippen LogP) is 5.77. The zero-order valence-corrected chi connectivity index (χ0v) is 15.9. The molecule has 0 saturated carbocycles. The van der Waals surface area contributed by atoms with E-state index in [9.17, 15) is 9.90 Å². The molecule has 0 fully saturated rings. The van der Waals surface area contributed by atoms with Crippen LogP contribution in [-0.4, -0.2) is 17.5 Å². The van der Waals surface area contributed by atoms with E-state index in [4.69, 9.17) is 0 Å². The van der Waals surface area contributed by atoms with Crippen LogP contribution in [0.5, 0.6) is 0 Å². The second kappa shape index (κ2) is 10.4. The molecule has 0 aliphatic carbocycles. The first-order valence-electron chi connectivity index (χ1n) is 9.74. The van der Waals surface area contributed by atoms with Gasteiger partial charge in [0.2, 0.25) is 0 Å². The smallest absolute Gasteiger partial charge is 0.170 e. The molecule has 0 spiro atoms. The number of Topliss-reactive ketones (excluding diaryl/α,β-unsaturated/α-hetero) is 1. The number of hydrogen-bond donors (Lipinski definition) is 1. The summed E-state index contributed by atoms with van der Waals surface area (Å²) >= 11 is 0. The van der Waals surface area contributed by atoms with Gasteiger partial charge in [-0.3, -0.25) is 4.79 Å². The molecular weight excluding hydrogens is 344 g/mol. The Labute approximate surface area is 167 Å². The highest BCUT2D eigenvalue weighted by atomic mass is 16.3. The summed E-state index contributed by atoms with van der Waals surface area (Å²) in [5, 5.41) is 9.71. The summed E-state index contributed by atoms with van der Waals surface area (Å²) in [5.41, 5.74) is 2.90. The average molecular weight is 370 g/mol. The number of allylic oxidation sites excluding steroid dienone is 2. The van der Waals surface area contributed by atoms with Crippen LogP contribution in [0, 0.1) is 0 Å². The van der Waals surface area contributed by atoms with Crippen molar-refractivity contribution in [3.05, 3.63) is 120 Å². The summed E-state index contributed by atoms with van der Waals surface area (Å²) in [6.07, 6.45) is 5.55. The van der Waals surface area contributed by atoms with Gasteiger partial charge in [0.05, 0.1) is 12.5 Å². The fraction of sp³-hybridized carbons (Fsp3) is 0.192. The molecule has 2 atom stereocenters. The number of ketones is 1. The Balaban J connectivity index is 1.71. The third kappa shape index (κ3) is 5.28. The summed E-state index contributed by atoms with van der Waals surface area (Å²) in [4.78, 5) is 13.1. The van der Waals surface area contributed by atoms with Crippen molar-refractivity contribution in [2.24, 2.45) is 0 Å². The van der Waals surface area contributed by atoms with E-state index in [-0.39, 0.29) is 24.2 Å². The molecule has 142 valence electrons. The quantitative estimate of drug-likeness (QED) is 0.384. The number of aliphatic hydroxyl groups is 1. The number of carbonyl (C=O) groups excluding carboxylic acids is 1. The van der Waals surface area contributed by atoms with E-state index in [0.29, 0.717) is 6.42 Å². The normalized spacial score (nSPS) is 13.3. The van der Waals surface area contributed by atoms with Crippen molar-refractivity contribution in [3.63, 3.8) is 0 Å². The maximum absolute atomic E-state index is 13.1. The molecule has 0 heterocycles. The van der Waals surface area contributed by atoms with Crippen LogP contribution in [0.15, 0.2) is 103 Å². The predicted molar refractivity (Wildman–Crippen MR) is 115 cm³/mol. The molecule has 0 bridgehead atoms. The molecule has 3 aromatic rings. The summed E-state index contributed by atoms with van der Waals surface area (Å²) in [5.74, 6) is 0.0137. The largest absolute Gasteiger partial charge is 0.396 e. The lowest BCUT2D eigenvalue weighted by Crippen LogP contribution is -2.12. The lowest BCUT2D eigenvalue weighted by molar-refractivity contribution is 0.0960. The molecule has 28 heavy (non-hydrogen) atoms. The van der Waals surface area contributed by atoms with Crippen LogP contribution in [0.3, 0.4) is 0 Å². The van der Waals surface area contributed by atoms with Crippen molar-refractivity contribution >= 4 is 5.78 Å². The second-order valence-electron chi connectivity index (χ2n) is 6.93. The third-order valence-electron chi connectivity index (χ3n) is 5.03. The number of benzene rings is 3. The van der Waals surface area contributed by atoms with Crippen LogP contribution >= 0.6 is 0 Å². The lowest BCUT2D eigenvalue weighted by atomic mass is 9.87. The van der Waals surface area contributed by atoms with Gasteiger partial charge in [-0.05, 0) is 24.0 Å². The Kier molecular flexibility index (Phi) is 7.34. The van der Waals surface area contributed by atoms with E-state index < -0.39 is 0 Å². The van der Waals surface area contributed by atoms with Gasteiger partial charge in [-0.2, -0.15) is 0 Å². The molecule has 3 rings (SSSR count). The van der Waals surface area contributed by atoms with Gasteiger partial charge >= 0.3 is 0 Å². The maximum atomic E-state index is 13.1. The number of hydrogen-bond acceptors (Lipinski definition) is 2. The molecular formula is C26H26O2. The summed E-state index contributed by atoms with van der Waals surface area (Å²) < 4.78 is 0. The van der Waals surface area contributed by atoms with E-state index in [1.165, 1.54) is 0 Å². The van der Waals surface area contributed by atoms with Gasteiger partial charge in [0.15, 0.2) is 5.78 Å². The van der Waals surface area contributed by atoms with Crippen LogP contribution in [0.4, 0.5) is 0 Å². The minimum absolute atomic E-state index is 0.0810. The zero-order valence-electron chi connectivity index (χ0n) is 15.9. The molecule has 0 aromatic heterocycles. The second-order valence-corrected chi connectivity index (χ2v) is 6.93. The Morgan fingerprint density at radius 1 is 0.714 bits per heavy atom. The molecule has 1 N–H and O–H groups in total. The van der Waals surface area contributed by atoms with Crippen molar-refractivity contribution in [2.45, 2.75) is 24.7 Å². The lowest BCUT2D eigenvalue weighted by Gasteiger charge is -2.15. The van der Waals surface area contributed by atoms with Gasteiger partial charge in [-0.1, -0.05) is 103 Å². The van der Waals surface area contributed by atoms with Crippen LogP contribution < -0.4 is 0 Å². The minimum atomic E-state index is -0.204. The van der Waals surface area contributed by atoms with Crippen LogP contribution in [0.1, 0.15) is 46.2 Å². The van der Waals surface area contributed by atoms with Gasteiger partial charge in [0, 0.05) is 11.5 Å². The number of aliphatic hydroxyl groups excluding tert-OH is 1. The highest BCUT2D eigenvalue weighted by Crippen LogP contribution is 2.26. The first kappa shape index (κ1) is 19.8. The molecule has 2 heteroatoms. The summed E-state index contributed by atoms with van der Waals surface area (Å²) in [7, 11) is 0. The molecule has 0 saturated heterocycles. The Morgan fingerprint density at radius 3 is 1.79 bits per heavy atom. The van der Waals surface area contributed by atoms with Crippen molar-refractivity contribution < 1.29 is 9.90 Å². The molecule has 2 unspecified atom stereocenters. The monoisotopic (exact) mass is 370 g/mol. The molecule has 0 aliphatic heterocycles. The number of carbonyl (C=O) groups is 1. The molecule has 2 nitrogen and oxygen atoms in total. The molecule has 0 aliphatic rings. The van der Waals surface area contributed by atoms with Crippen molar-refractivity contribution in [1.82, 2.24) is 0 Å².